The van der Waals surface area contributed by atoms with Crippen molar-refractivity contribution in [2.75, 3.05) is 6.54 Å². The Labute approximate surface area is 97.4 Å². The van der Waals surface area contributed by atoms with E-state index < -0.39 is 0 Å². The highest BCUT2D eigenvalue weighted by Gasteiger charge is 2.22. The SMILES string of the molecule is O=C1CCN(Cc2cc(Cl)ccn2)C(=O)N1. The summed E-state index contributed by atoms with van der Waals surface area (Å²) in [4.78, 5) is 28.0. The van der Waals surface area contributed by atoms with Crippen LogP contribution in [-0.2, 0) is 11.3 Å². The highest BCUT2D eigenvalue weighted by atomic mass is 35.5. The van der Waals surface area contributed by atoms with Crippen LogP contribution in [0.1, 0.15) is 12.1 Å². The van der Waals surface area contributed by atoms with E-state index in [1.165, 1.54) is 4.90 Å². The number of urea groups is 1. The fourth-order valence-electron chi connectivity index (χ4n) is 1.48. The molecular formula is C10H10ClN3O2. The first-order valence-electron chi connectivity index (χ1n) is 4.84. The molecule has 5 nitrogen and oxygen atoms in total. The van der Waals surface area contributed by atoms with E-state index in [9.17, 15) is 9.59 Å². The number of halogens is 1. The summed E-state index contributed by atoms with van der Waals surface area (Å²) in [6.07, 6.45) is 1.91. The van der Waals surface area contributed by atoms with Crippen molar-refractivity contribution < 1.29 is 9.59 Å². The first-order valence-corrected chi connectivity index (χ1v) is 5.22. The van der Waals surface area contributed by atoms with Gasteiger partial charge in [-0.3, -0.25) is 15.1 Å². The predicted molar refractivity (Wildman–Crippen MR) is 57.8 cm³/mol. The van der Waals surface area contributed by atoms with Gasteiger partial charge in [0.2, 0.25) is 5.91 Å². The monoisotopic (exact) mass is 239 g/mol. The highest BCUT2D eigenvalue weighted by molar-refractivity contribution is 6.30. The number of nitrogens with zero attached hydrogens (tertiary/aromatic N) is 2. The first kappa shape index (κ1) is 10.9. The summed E-state index contributed by atoms with van der Waals surface area (Å²) in [6.45, 7) is 0.776. The molecule has 2 heterocycles. The van der Waals surface area contributed by atoms with Gasteiger partial charge in [0.05, 0.1) is 12.2 Å². The van der Waals surface area contributed by atoms with E-state index in [-0.39, 0.29) is 11.9 Å². The van der Waals surface area contributed by atoms with Crippen molar-refractivity contribution >= 4 is 23.5 Å². The zero-order valence-corrected chi connectivity index (χ0v) is 9.20. The van der Waals surface area contributed by atoms with E-state index in [0.717, 1.165) is 0 Å². The summed E-state index contributed by atoms with van der Waals surface area (Å²) in [5.41, 5.74) is 0.706. The Kier molecular flexibility index (Phi) is 3.05. The summed E-state index contributed by atoms with van der Waals surface area (Å²) in [5, 5.41) is 2.83. The summed E-state index contributed by atoms with van der Waals surface area (Å²) in [5.74, 6) is -0.236. The van der Waals surface area contributed by atoms with Crippen LogP contribution < -0.4 is 5.32 Å². The second-order valence-corrected chi connectivity index (χ2v) is 3.93. The molecule has 0 aromatic carbocycles. The minimum absolute atomic E-state index is 0.236. The maximum Gasteiger partial charge on any atom is 0.324 e. The highest BCUT2D eigenvalue weighted by Crippen LogP contribution is 2.11. The number of amides is 3. The number of aromatic nitrogens is 1. The Morgan fingerprint density at radius 1 is 1.50 bits per heavy atom. The molecule has 3 amide bonds. The number of pyridine rings is 1. The summed E-state index contributed by atoms with van der Waals surface area (Å²) in [7, 11) is 0. The van der Waals surface area contributed by atoms with Gasteiger partial charge in [0.1, 0.15) is 0 Å². The molecule has 0 unspecified atom stereocenters. The fourth-order valence-corrected chi connectivity index (χ4v) is 1.66. The Balaban J connectivity index is 2.05. The molecule has 2 rings (SSSR count). The van der Waals surface area contributed by atoms with E-state index in [4.69, 9.17) is 11.6 Å². The van der Waals surface area contributed by atoms with Crippen LogP contribution in [0.5, 0.6) is 0 Å². The van der Waals surface area contributed by atoms with Crippen LogP contribution in [-0.4, -0.2) is 28.4 Å². The van der Waals surface area contributed by atoms with Crippen LogP contribution in [0.15, 0.2) is 18.3 Å². The molecule has 1 aromatic heterocycles. The van der Waals surface area contributed by atoms with Crippen LogP contribution in [0.2, 0.25) is 5.02 Å². The molecule has 1 saturated heterocycles. The van der Waals surface area contributed by atoms with Crippen LogP contribution in [0.4, 0.5) is 4.79 Å². The number of carbonyl (C=O) groups excluding carboxylic acids is 2. The van der Waals surface area contributed by atoms with Crippen molar-refractivity contribution in [3.05, 3.63) is 29.0 Å². The van der Waals surface area contributed by atoms with Gasteiger partial charge in [-0.25, -0.2) is 4.79 Å². The third-order valence-electron chi connectivity index (χ3n) is 2.27. The van der Waals surface area contributed by atoms with E-state index in [0.29, 0.717) is 30.2 Å². The van der Waals surface area contributed by atoms with Crippen LogP contribution in [0.25, 0.3) is 0 Å². The smallest absolute Gasteiger partial charge is 0.318 e. The second kappa shape index (κ2) is 4.49. The van der Waals surface area contributed by atoms with Crippen molar-refractivity contribution in [3.63, 3.8) is 0 Å². The van der Waals surface area contributed by atoms with Gasteiger partial charge in [0, 0.05) is 24.2 Å². The Hall–Kier alpha value is -1.62. The second-order valence-electron chi connectivity index (χ2n) is 3.49. The lowest BCUT2D eigenvalue weighted by atomic mass is 10.2. The number of rotatable bonds is 2. The molecule has 0 radical (unpaired) electrons. The lowest BCUT2D eigenvalue weighted by molar-refractivity contribution is -0.121. The van der Waals surface area contributed by atoms with E-state index in [2.05, 4.69) is 10.3 Å². The van der Waals surface area contributed by atoms with E-state index in [1.807, 2.05) is 0 Å². The minimum atomic E-state index is -0.377. The summed E-state index contributed by atoms with van der Waals surface area (Å²) < 4.78 is 0. The number of carbonyl (C=O) groups is 2. The quantitative estimate of drug-likeness (QED) is 0.843. The van der Waals surface area contributed by atoms with Crippen molar-refractivity contribution in [3.8, 4) is 0 Å². The van der Waals surface area contributed by atoms with Crippen molar-refractivity contribution in [1.29, 1.82) is 0 Å². The third-order valence-corrected chi connectivity index (χ3v) is 2.51. The summed E-state index contributed by atoms with van der Waals surface area (Å²) in [6, 6.07) is 2.99. The van der Waals surface area contributed by atoms with Crippen LogP contribution in [0, 0.1) is 0 Å². The molecule has 0 bridgehead atoms. The minimum Gasteiger partial charge on any atom is -0.318 e. The van der Waals surface area contributed by atoms with Gasteiger partial charge in [0.25, 0.3) is 0 Å². The molecule has 1 aliphatic rings. The van der Waals surface area contributed by atoms with Gasteiger partial charge < -0.3 is 4.90 Å². The number of hydrogen-bond acceptors (Lipinski definition) is 3. The molecule has 1 aromatic rings. The summed E-state index contributed by atoms with van der Waals surface area (Å²) >= 11 is 5.81. The van der Waals surface area contributed by atoms with Gasteiger partial charge in [-0.2, -0.15) is 0 Å². The average Bonchev–Trinajstić information content (AvgIpc) is 2.22. The Morgan fingerprint density at radius 2 is 2.31 bits per heavy atom. The van der Waals surface area contributed by atoms with Crippen molar-refractivity contribution in [1.82, 2.24) is 15.2 Å². The molecule has 6 heteroatoms. The largest absolute Gasteiger partial charge is 0.324 e. The van der Waals surface area contributed by atoms with Gasteiger partial charge in [-0.05, 0) is 12.1 Å². The zero-order valence-electron chi connectivity index (χ0n) is 8.44. The molecule has 1 fully saturated rings. The molecule has 16 heavy (non-hydrogen) atoms. The zero-order chi connectivity index (χ0) is 11.5. The molecule has 84 valence electrons. The van der Waals surface area contributed by atoms with Gasteiger partial charge in [0.15, 0.2) is 0 Å². The lowest BCUT2D eigenvalue weighted by Gasteiger charge is -2.26. The molecule has 1 N–H and O–H groups in total. The number of hydrogen-bond donors (Lipinski definition) is 1. The lowest BCUT2D eigenvalue weighted by Crippen LogP contribution is -2.48. The molecule has 0 atom stereocenters. The average molecular weight is 240 g/mol. The van der Waals surface area contributed by atoms with E-state index >= 15 is 0 Å². The van der Waals surface area contributed by atoms with Crippen molar-refractivity contribution in [2.24, 2.45) is 0 Å². The first-order chi connectivity index (χ1) is 7.65. The molecule has 0 aliphatic carbocycles. The van der Waals surface area contributed by atoms with Crippen LogP contribution in [0.3, 0.4) is 0 Å². The molecule has 0 saturated carbocycles. The predicted octanol–water partition coefficient (Wildman–Crippen LogP) is 1.18. The molecule has 0 spiro atoms. The normalized spacial score (nSPS) is 16.2. The van der Waals surface area contributed by atoms with E-state index in [1.54, 1.807) is 18.3 Å². The fraction of sp³-hybridized carbons (Fsp3) is 0.300. The maximum atomic E-state index is 11.4. The Morgan fingerprint density at radius 3 is 3.00 bits per heavy atom. The van der Waals surface area contributed by atoms with Gasteiger partial charge >= 0.3 is 6.03 Å². The molecular weight excluding hydrogens is 230 g/mol. The number of imide groups is 1. The standard InChI is InChI=1S/C10H10ClN3O2/c11-7-1-3-12-8(5-7)6-14-4-2-9(15)13-10(14)16/h1,3,5H,2,4,6H2,(H,13,15,16). The van der Waals surface area contributed by atoms with Gasteiger partial charge in [-0.15, -0.1) is 0 Å². The maximum absolute atomic E-state index is 11.4. The van der Waals surface area contributed by atoms with Crippen LogP contribution >= 0.6 is 11.6 Å². The number of nitrogens with one attached hydrogen (secondary N) is 1. The van der Waals surface area contributed by atoms with Crippen molar-refractivity contribution in [2.45, 2.75) is 13.0 Å². The Bertz CT molecular complexity index is 436. The topological polar surface area (TPSA) is 62.3 Å². The third kappa shape index (κ3) is 2.49. The van der Waals surface area contributed by atoms with Gasteiger partial charge in [-0.1, -0.05) is 11.6 Å². The molecule has 1 aliphatic heterocycles.